The van der Waals surface area contributed by atoms with Gasteiger partial charge in [0.25, 0.3) is 0 Å². The Bertz CT molecular complexity index is 1170. The van der Waals surface area contributed by atoms with Crippen molar-refractivity contribution in [1.29, 1.82) is 0 Å². The molecule has 1 aromatic carbocycles. The number of hydrogen-bond donors (Lipinski definition) is 0. The first-order valence-corrected chi connectivity index (χ1v) is 20.5. The fraction of sp³-hybridized carbons (Fsp3) is 0.640. The van der Waals surface area contributed by atoms with Crippen LogP contribution < -0.4 is 9.47 Å². The number of allylic oxidation sites excluding steroid dienone is 1. The summed E-state index contributed by atoms with van der Waals surface area (Å²) in [6.45, 7) is 15.0. The van der Waals surface area contributed by atoms with E-state index in [9.17, 15) is 17.8 Å². The fourth-order valence-corrected chi connectivity index (χ4v) is 6.40. The molecule has 0 aliphatic carbocycles. The quantitative estimate of drug-likeness (QED) is 0.149. The number of rotatable bonds is 13. The Balaban J connectivity index is 2.42. The molecule has 0 aromatic heterocycles. The number of carbonyl (C=O) groups is 1. The Morgan fingerprint density at radius 2 is 1.86 bits per heavy atom. The molecule has 36 heavy (non-hydrogen) atoms. The van der Waals surface area contributed by atoms with Crippen molar-refractivity contribution in [3.8, 4) is 11.5 Å². The van der Waals surface area contributed by atoms with Crippen LogP contribution in [0.15, 0.2) is 11.6 Å². The summed E-state index contributed by atoms with van der Waals surface area (Å²) in [6.07, 6.45) is 3.82. The molecule has 0 saturated carbocycles. The van der Waals surface area contributed by atoms with E-state index in [2.05, 4.69) is 19.6 Å². The van der Waals surface area contributed by atoms with Crippen molar-refractivity contribution in [2.45, 2.75) is 52.6 Å². The lowest BCUT2D eigenvalue weighted by atomic mass is 9.95. The van der Waals surface area contributed by atoms with Crippen LogP contribution in [0.5, 0.6) is 11.5 Å². The number of ether oxygens (including phenoxy) is 3. The second kappa shape index (κ2) is 11.8. The lowest BCUT2D eigenvalue weighted by Crippen LogP contribution is -2.34. The maximum atomic E-state index is 12.7. The highest BCUT2D eigenvalue weighted by molar-refractivity contribution is 7.88. The van der Waals surface area contributed by atoms with Gasteiger partial charge in [-0.2, -0.15) is 4.31 Å². The maximum absolute atomic E-state index is 12.7. The summed E-state index contributed by atoms with van der Waals surface area (Å²) >= 11 is 0. The number of cyclic esters (lactones) is 1. The van der Waals surface area contributed by atoms with Gasteiger partial charge < -0.3 is 18.8 Å². The first-order valence-electron chi connectivity index (χ1n) is 12.1. The van der Waals surface area contributed by atoms with Crippen LogP contribution in [0.1, 0.15) is 34.0 Å². The van der Waals surface area contributed by atoms with Gasteiger partial charge in [-0.1, -0.05) is 31.3 Å². The van der Waals surface area contributed by atoms with E-state index in [1.807, 2.05) is 19.9 Å². The Morgan fingerprint density at radius 1 is 1.22 bits per heavy atom. The Morgan fingerprint density at radius 3 is 2.39 bits per heavy atom. The molecule has 0 radical (unpaired) electrons. The number of methoxy groups -OCH3 is 1. The molecule has 0 bridgehead atoms. The van der Waals surface area contributed by atoms with E-state index < -0.39 is 31.2 Å². The van der Waals surface area contributed by atoms with Gasteiger partial charge in [-0.25, -0.2) is 13.2 Å². The van der Waals surface area contributed by atoms with Crippen molar-refractivity contribution < 1.29 is 32.0 Å². The Hall–Kier alpha value is -1.61. The van der Waals surface area contributed by atoms with E-state index in [1.54, 1.807) is 20.4 Å². The largest absolute Gasteiger partial charge is 0.496 e. The molecule has 0 saturated heterocycles. The highest BCUT2D eigenvalue weighted by Gasteiger charge is 2.33. The van der Waals surface area contributed by atoms with Crippen molar-refractivity contribution in [3.05, 3.63) is 33.9 Å². The minimum Gasteiger partial charge on any atom is -0.496 e. The summed E-state index contributed by atoms with van der Waals surface area (Å²) < 4.78 is 55.5. The number of fused-ring (bicyclic) bond motifs is 1. The monoisotopic (exact) mass is 559 g/mol. The zero-order valence-corrected chi connectivity index (χ0v) is 25.9. The van der Waals surface area contributed by atoms with Crippen molar-refractivity contribution >= 4 is 31.2 Å². The number of sulfonamides is 1. The van der Waals surface area contributed by atoms with Gasteiger partial charge in [-0.05, 0) is 45.2 Å². The normalized spacial score (nSPS) is 14.7. The first kappa shape index (κ1) is 30.6. The number of nitrogens with zero attached hydrogens (tertiary/aromatic N) is 1. The van der Waals surface area contributed by atoms with Crippen LogP contribution in [0.3, 0.4) is 0 Å². The zero-order chi connectivity index (χ0) is 27.5. The van der Waals surface area contributed by atoms with Crippen molar-refractivity contribution in [2.75, 3.05) is 52.6 Å². The van der Waals surface area contributed by atoms with Crippen LogP contribution in [0.4, 0.5) is 0 Å². The molecular weight excluding hydrogens is 517 g/mol. The molecule has 1 aromatic rings. The molecule has 0 N–H and O–H groups in total. The van der Waals surface area contributed by atoms with Gasteiger partial charge in [-0.3, -0.25) is 0 Å². The third-order valence-electron chi connectivity index (χ3n) is 6.16. The second-order valence-corrected chi connectivity index (χ2v) is 22.4. The molecule has 0 amide bonds. The molecule has 0 atom stereocenters. The molecule has 1 heterocycles. The summed E-state index contributed by atoms with van der Waals surface area (Å²) in [5.74, 6) is 0.750. The maximum Gasteiger partial charge on any atom is 0.342 e. The molecule has 11 heteroatoms. The molecule has 1 aliphatic rings. The van der Waals surface area contributed by atoms with Gasteiger partial charge >= 0.3 is 5.97 Å². The number of benzene rings is 1. The van der Waals surface area contributed by atoms with Crippen LogP contribution >= 0.6 is 7.14 Å². The summed E-state index contributed by atoms with van der Waals surface area (Å²) in [4.78, 5) is 12.7. The van der Waals surface area contributed by atoms with E-state index in [1.165, 1.54) is 10.6 Å². The van der Waals surface area contributed by atoms with Crippen molar-refractivity contribution in [2.24, 2.45) is 0 Å². The van der Waals surface area contributed by atoms with Gasteiger partial charge in [0.2, 0.25) is 10.0 Å². The highest BCUT2D eigenvalue weighted by Crippen LogP contribution is 2.43. The van der Waals surface area contributed by atoms with E-state index >= 15 is 0 Å². The van der Waals surface area contributed by atoms with E-state index in [0.717, 1.165) is 28.3 Å². The summed E-state index contributed by atoms with van der Waals surface area (Å²) in [6, 6.07) is 0.934. The summed E-state index contributed by atoms with van der Waals surface area (Å²) in [7, 11) is -5.59. The topological polar surface area (TPSA) is 99.2 Å². The predicted molar refractivity (Wildman–Crippen MR) is 149 cm³/mol. The van der Waals surface area contributed by atoms with E-state index in [4.69, 9.17) is 14.2 Å². The number of hydrogen-bond acceptors (Lipinski definition) is 7. The SMILES string of the molecule is COc1c(C)c2c(c(OCC[Si](C)(C)C)c1C/C=C(\C)CN(CCP(C)(C)=O)S(C)(=O)=O)C(=O)OC2. The van der Waals surface area contributed by atoms with Crippen LogP contribution in [-0.4, -0.2) is 79.3 Å². The minimum absolute atomic E-state index is 0.192. The molecule has 8 nitrogen and oxygen atoms in total. The average molecular weight is 560 g/mol. The smallest absolute Gasteiger partial charge is 0.342 e. The van der Waals surface area contributed by atoms with Crippen LogP contribution in [0.2, 0.25) is 25.7 Å². The highest BCUT2D eigenvalue weighted by atomic mass is 32.2. The first-order chi connectivity index (χ1) is 16.4. The molecule has 204 valence electrons. The Labute approximate surface area is 217 Å². The lowest BCUT2D eigenvalue weighted by Gasteiger charge is -2.23. The van der Waals surface area contributed by atoms with Gasteiger partial charge in [0.1, 0.15) is 23.7 Å². The molecule has 2 rings (SSSR count). The summed E-state index contributed by atoms with van der Waals surface area (Å²) in [5.41, 5.74) is 3.68. The zero-order valence-electron chi connectivity index (χ0n) is 23.2. The second-order valence-electron chi connectivity index (χ2n) is 11.2. The minimum atomic E-state index is -3.47. The molecule has 0 unspecified atom stereocenters. The molecule has 0 fully saturated rings. The van der Waals surface area contributed by atoms with Gasteiger partial charge in [0.05, 0.1) is 27.1 Å². The third kappa shape index (κ3) is 8.47. The summed E-state index contributed by atoms with van der Waals surface area (Å²) in [5, 5.41) is 0. The predicted octanol–water partition coefficient (Wildman–Crippen LogP) is 4.76. The van der Waals surface area contributed by atoms with Gasteiger partial charge in [0.15, 0.2) is 0 Å². The van der Waals surface area contributed by atoms with Crippen LogP contribution in [-0.2, 0) is 32.4 Å². The third-order valence-corrected chi connectivity index (χ3v) is 10.4. The Kier molecular flexibility index (Phi) is 10.1. The number of esters is 1. The number of carbonyl (C=O) groups excluding carboxylic acids is 1. The average Bonchev–Trinajstić information content (AvgIpc) is 3.10. The van der Waals surface area contributed by atoms with Crippen LogP contribution in [0.25, 0.3) is 0 Å². The molecule has 1 aliphatic heterocycles. The van der Waals surface area contributed by atoms with Gasteiger partial charge in [0, 0.05) is 38.5 Å². The van der Waals surface area contributed by atoms with Crippen LogP contribution in [0, 0.1) is 6.92 Å². The van der Waals surface area contributed by atoms with Crippen molar-refractivity contribution in [3.63, 3.8) is 0 Å². The molecular formula is C25H42NO7PSSi. The van der Waals surface area contributed by atoms with E-state index in [0.29, 0.717) is 36.3 Å². The lowest BCUT2D eigenvalue weighted by molar-refractivity contribution is 0.0532. The van der Waals surface area contributed by atoms with E-state index in [-0.39, 0.29) is 19.7 Å². The van der Waals surface area contributed by atoms with Crippen molar-refractivity contribution in [1.82, 2.24) is 4.31 Å². The van der Waals surface area contributed by atoms with Gasteiger partial charge in [-0.15, -0.1) is 0 Å². The fourth-order valence-electron chi connectivity index (χ4n) is 3.96. The standard InChI is InChI=1S/C25H42NO7PSSi/c1-18(16-26(35(6,29)30)12-14-34(4,5)28)10-11-20-23(31-3)19(2)21-17-33-25(27)22(21)24(20)32-13-15-36(7,8)9/h10H,11-17H2,1-9H3/b18-10+. The molecule has 0 spiro atoms.